The molecule has 0 bridgehead atoms. The Bertz CT molecular complexity index is 850. The van der Waals surface area contributed by atoms with Crippen LogP contribution in [0.4, 0.5) is 4.39 Å². The number of nitrogens with one attached hydrogen (secondary N) is 1. The number of halogens is 1. The van der Waals surface area contributed by atoms with Crippen molar-refractivity contribution in [2.75, 3.05) is 0 Å². The second-order valence-electron chi connectivity index (χ2n) is 6.60. The van der Waals surface area contributed by atoms with Crippen LogP contribution in [0.15, 0.2) is 12.1 Å². The lowest BCUT2D eigenvalue weighted by atomic mass is 9.87. The van der Waals surface area contributed by atoms with E-state index in [0.717, 1.165) is 54.3 Å². The zero-order chi connectivity index (χ0) is 16.1. The van der Waals surface area contributed by atoms with Crippen molar-refractivity contribution in [1.82, 2.24) is 4.98 Å². The van der Waals surface area contributed by atoms with Crippen molar-refractivity contribution in [3.05, 3.63) is 40.3 Å². The number of allylic oxidation sites excluding steroid dienone is 1. The summed E-state index contributed by atoms with van der Waals surface area (Å²) in [5.74, 6) is -0.977. The number of benzene rings is 1. The van der Waals surface area contributed by atoms with Crippen LogP contribution in [0.25, 0.3) is 16.5 Å². The van der Waals surface area contributed by atoms with E-state index in [0.29, 0.717) is 17.5 Å². The Labute approximate surface area is 133 Å². The van der Waals surface area contributed by atoms with E-state index in [4.69, 9.17) is 11.5 Å². The minimum absolute atomic E-state index is 0.0623. The molecule has 5 N–H and O–H groups in total. The summed E-state index contributed by atoms with van der Waals surface area (Å²) in [7, 11) is 0. The molecule has 0 aliphatic heterocycles. The fourth-order valence-electron chi connectivity index (χ4n) is 4.04. The SMILES string of the molecule is NC(=O)c1cc(F)c(C2=CCCC(N)C2)c2c3c([nH]c12)CCC3. The number of carbonyl (C=O) groups excluding carboxylic acids is 1. The number of aromatic amines is 1. The molecule has 1 aromatic heterocycles. The predicted octanol–water partition coefficient (Wildman–Crippen LogP) is 2.79. The van der Waals surface area contributed by atoms with E-state index in [1.807, 2.05) is 0 Å². The Morgan fingerprint density at radius 2 is 2.17 bits per heavy atom. The van der Waals surface area contributed by atoms with Crippen molar-refractivity contribution in [1.29, 1.82) is 0 Å². The van der Waals surface area contributed by atoms with E-state index in [-0.39, 0.29) is 17.4 Å². The standard InChI is InChI=1S/C18H20FN3O/c19-13-8-12(18(21)23)17-16(11-5-2-6-14(11)22-17)15(13)9-3-1-4-10(20)7-9/h3,8,10,22H,1-2,4-7,20H2,(H2,21,23). The predicted molar refractivity (Wildman–Crippen MR) is 88.6 cm³/mol. The molecule has 5 heteroatoms. The molecular formula is C18H20FN3O. The third kappa shape index (κ3) is 2.18. The van der Waals surface area contributed by atoms with Crippen molar-refractivity contribution in [2.45, 2.75) is 44.6 Å². The highest BCUT2D eigenvalue weighted by Crippen LogP contribution is 2.40. The summed E-state index contributed by atoms with van der Waals surface area (Å²) >= 11 is 0. The number of H-pyrrole nitrogens is 1. The maximum absolute atomic E-state index is 14.9. The van der Waals surface area contributed by atoms with Gasteiger partial charge in [-0.25, -0.2) is 4.39 Å². The molecule has 2 aromatic rings. The number of nitrogens with two attached hydrogens (primary N) is 2. The van der Waals surface area contributed by atoms with Gasteiger partial charge in [0.25, 0.3) is 5.91 Å². The van der Waals surface area contributed by atoms with Crippen LogP contribution >= 0.6 is 0 Å². The Kier molecular flexibility index (Phi) is 3.27. The van der Waals surface area contributed by atoms with E-state index in [1.165, 1.54) is 6.07 Å². The number of hydrogen-bond acceptors (Lipinski definition) is 2. The molecule has 1 atom stereocenters. The van der Waals surface area contributed by atoms with Crippen LogP contribution in [-0.4, -0.2) is 16.9 Å². The monoisotopic (exact) mass is 313 g/mol. The summed E-state index contributed by atoms with van der Waals surface area (Å²) in [6, 6.07) is 1.33. The zero-order valence-electron chi connectivity index (χ0n) is 12.9. The number of carbonyl (C=O) groups is 1. The topological polar surface area (TPSA) is 84.9 Å². The number of hydrogen-bond donors (Lipinski definition) is 3. The van der Waals surface area contributed by atoms with Crippen LogP contribution in [0, 0.1) is 5.82 Å². The van der Waals surface area contributed by atoms with Gasteiger partial charge in [-0.05, 0) is 55.7 Å². The normalized spacial score (nSPS) is 20.6. The molecule has 1 amide bonds. The molecule has 0 spiro atoms. The Balaban J connectivity index is 2.04. The van der Waals surface area contributed by atoms with Crippen molar-refractivity contribution < 1.29 is 9.18 Å². The largest absolute Gasteiger partial charge is 0.366 e. The number of aryl methyl sites for hydroxylation is 2. The van der Waals surface area contributed by atoms with Crippen LogP contribution < -0.4 is 11.5 Å². The van der Waals surface area contributed by atoms with Gasteiger partial charge in [0.1, 0.15) is 5.82 Å². The van der Waals surface area contributed by atoms with Crippen LogP contribution in [0.1, 0.15) is 52.9 Å². The first-order valence-electron chi connectivity index (χ1n) is 8.17. The molecule has 0 saturated carbocycles. The fraction of sp³-hybridized carbons (Fsp3) is 0.389. The first-order chi connectivity index (χ1) is 11.1. The van der Waals surface area contributed by atoms with E-state index in [1.54, 1.807) is 0 Å². The molecule has 4 nitrogen and oxygen atoms in total. The van der Waals surface area contributed by atoms with Crippen molar-refractivity contribution in [2.24, 2.45) is 11.5 Å². The molecule has 23 heavy (non-hydrogen) atoms. The minimum Gasteiger partial charge on any atom is -0.366 e. The highest BCUT2D eigenvalue weighted by atomic mass is 19.1. The molecule has 2 aliphatic rings. The maximum Gasteiger partial charge on any atom is 0.250 e. The van der Waals surface area contributed by atoms with Crippen LogP contribution in [-0.2, 0) is 12.8 Å². The van der Waals surface area contributed by atoms with Gasteiger partial charge >= 0.3 is 0 Å². The van der Waals surface area contributed by atoms with Gasteiger partial charge in [0.15, 0.2) is 0 Å². The second kappa shape index (κ2) is 5.20. The highest BCUT2D eigenvalue weighted by Gasteiger charge is 2.27. The first kappa shape index (κ1) is 14.5. The van der Waals surface area contributed by atoms with Crippen LogP contribution in [0.2, 0.25) is 0 Å². The summed E-state index contributed by atoms with van der Waals surface area (Å²) in [5, 5.41) is 0.839. The number of amides is 1. The molecule has 120 valence electrons. The van der Waals surface area contributed by atoms with E-state index >= 15 is 0 Å². The Morgan fingerprint density at radius 1 is 1.35 bits per heavy atom. The van der Waals surface area contributed by atoms with Gasteiger partial charge in [-0.15, -0.1) is 0 Å². The molecular weight excluding hydrogens is 293 g/mol. The first-order valence-corrected chi connectivity index (χ1v) is 8.17. The van der Waals surface area contributed by atoms with Crippen molar-refractivity contribution in [3.8, 4) is 0 Å². The third-order valence-corrected chi connectivity index (χ3v) is 5.07. The van der Waals surface area contributed by atoms with E-state index in [2.05, 4.69) is 11.1 Å². The quantitative estimate of drug-likeness (QED) is 0.796. The Morgan fingerprint density at radius 3 is 2.91 bits per heavy atom. The van der Waals surface area contributed by atoms with Gasteiger partial charge in [0, 0.05) is 22.7 Å². The van der Waals surface area contributed by atoms with Crippen molar-refractivity contribution >= 4 is 22.4 Å². The molecule has 1 aromatic carbocycles. The van der Waals surface area contributed by atoms with Crippen LogP contribution in [0.3, 0.4) is 0 Å². The van der Waals surface area contributed by atoms with Crippen molar-refractivity contribution in [3.63, 3.8) is 0 Å². The van der Waals surface area contributed by atoms with Gasteiger partial charge in [-0.1, -0.05) is 6.08 Å². The molecule has 1 heterocycles. The average molecular weight is 313 g/mol. The number of primary amides is 1. The van der Waals surface area contributed by atoms with Crippen LogP contribution in [0.5, 0.6) is 0 Å². The number of fused-ring (bicyclic) bond motifs is 3. The smallest absolute Gasteiger partial charge is 0.250 e. The zero-order valence-corrected chi connectivity index (χ0v) is 12.9. The van der Waals surface area contributed by atoms with E-state index < -0.39 is 5.91 Å². The van der Waals surface area contributed by atoms with Gasteiger partial charge in [-0.2, -0.15) is 0 Å². The average Bonchev–Trinajstić information content (AvgIpc) is 3.07. The molecule has 0 fully saturated rings. The highest BCUT2D eigenvalue weighted by molar-refractivity contribution is 6.09. The van der Waals surface area contributed by atoms with Gasteiger partial charge < -0.3 is 16.5 Å². The maximum atomic E-state index is 14.9. The summed E-state index contributed by atoms with van der Waals surface area (Å²) in [6.07, 6.45) is 7.44. The second-order valence-corrected chi connectivity index (χ2v) is 6.60. The summed E-state index contributed by atoms with van der Waals surface area (Å²) in [6.45, 7) is 0. The lowest BCUT2D eigenvalue weighted by molar-refractivity contribution is 0.100. The summed E-state index contributed by atoms with van der Waals surface area (Å²) in [4.78, 5) is 15.1. The summed E-state index contributed by atoms with van der Waals surface area (Å²) < 4.78 is 14.9. The molecule has 4 rings (SSSR count). The lowest BCUT2D eigenvalue weighted by Gasteiger charge is -2.21. The summed E-state index contributed by atoms with van der Waals surface area (Å²) in [5.41, 5.74) is 16.3. The minimum atomic E-state index is -0.602. The molecule has 0 radical (unpaired) electrons. The molecule has 1 unspecified atom stereocenters. The molecule has 2 aliphatic carbocycles. The number of rotatable bonds is 2. The third-order valence-electron chi connectivity index (χ3n) is 5.07. The Hall–Kier alpha value is -2.14. The van der Waals surface area contributed by atoms with Gasteiger partial charge in [0.2, 0.25) is 0 Å². The molecule has 0 saturated heterocycles. The van der Waals surface area contributed by atoms with Gasteiger partial charge in [0.05, 0.1) is 11.1 Å². The fourth-order valence-corrected chi connectivity index (χ4v) is 4.04. The number of aromatic nitrogens is 1. The van der Waals surface area contributed by atoms with Gasteiger partial charge in [-0.3, -0.25) is 4.79 Å². The van der Waals surface area contributed by atoms with E-state index in [9.17, 15) is 9.18 Å². The lowest BCUT2D eigenvalue weighted by Crippen LogP contribution is -2.22.